The van der Waals surface area contributed by atoms with E-state index in [1.54, 1.807) is 32.2 Å². The Kier molecular flexibility index (Phi) is 4.50. The second-order valence-corrected chi connectivity index (χ2v) is 5.58. The summed E-state index contributed by atoms with van der Waals surface area (Å²) in [6, 6.07) is 5.79. The van der Waals surface area contributed by atoms with Crippen molar-refractivity contribution in [1.29, 1.82) is 0 Å². The standard InChI is InChI=1S/C14H17NO3S/c1-9(8-16)19-14-11-7-13(18-3)12(17-2)6-10(11)4-5-15-14/h4-7,9,16H,8H2,1-3H3. The Morgan fingerprint density at radius 3 is 2.58 bits per heavy atom. The van der Waals surface area contributed by atoms with Gasteiger partial charge in [-0.2, -0.15) is 0 Å². The van der Waals surface area contributed by atoms with E-state index < -0.39 is 0 Å². The smallest absolute Gasteiger partial charge is 0.161 e. The summed E-state index contributed by atoms with van der Waals surface area (Å²) < 4.78 is 10.6. The van der Waals surface area contributed by atoms with Crippen LogP contribution in [0.2, 0.25) is 0 Å². The maximum absolute atomic E-state index is 9.16. The van der Waals surface area contributed by atoms with Crippen LogP contribution >= 0.6 is 11.8 Å². The molecular formula is C14H17NO3S. The summed E-state index contributed by atoms with van der Waals surface area (Å²) in [5.41, 5.74) is 0. The topological polar surface area (TPSA) is 51.6 Å². The van der Waals surface area contributed by atoms with E-state index in [-0.39, 0.29) is 11.9 Å². The number of methoxy groups -OCH3 is 2. The molecule has 1 aromatic carbocycles. The molecule has 0 saturated carbocycles. The zero-order chi connectivity index (χ0) is 13.8. The number of nitrogens with zero attached hydrogens (tertiary/aromatic N) is 1. The van der Waals surface area contributed by atoms with Gasteiger partial charge in [0.15, 0.2) is 11.5 Å². The second kappa shape index (κ2) is 6.12. The minimum absolute atomic E-state index is 0.103. The number of aromatic nitrogens is 1. The maximum Gasteiger partial charge on any atom is 0.161 e. The Morgan fingerprint density at radius 1 is 1.26 bits per heavy atom. The highest BCUT2D eigenvalue weighted by Gasteiger charge is 2.12. The van der Waals surface area contributed by atoms with Crippen LogP contribution in [0.15, 0.2) is 29.4 Å². The van der Waals surface area contributed by atoms with Gasteiger partial charge < -0.3 is 14.6 Å². The van der Waals surface area contributed by atoms with Crippen molar-refractivity contribution in [3.63, 3.8) is 0 Å². The van der Waals surface area contributed by atoms with Crippen LogP contribution in [0.25, 0.3) is 10.8 Å². The van der Waals surface area contributed by atoms with Gasteiger partial charge in [-0.05, 0) is 23.6 Å². The minimum Gasteiger partial charge on any atom is -0.493 e. The average molecular weight is 279 g/mol. The fourth-order valence-corrected chi connectivity index (χ4v) is 2.68. The lowest BCUT2D eigenvalue weighted by atomic mass is 10.1. The zero-order valence-corrected chi connectivity index (χ0v) is 12.0. The van der Waals surface area contributed by atoms with Crippen molar-refractivity contribution >= 4 is 22.5 Å². The number of hydrogen-bond acceptors (Lipinski definition) is 5. The van der Waals surface area contributed by atoms with Gasteiger partial charge in [-0.1, -0.05) is 6.92 Å². The van der Waals surface area contributed by atoms with Gasteiger partial charge in [0.2, 0.25) is 0 Å². The first-order valence-corrected chi connectivity index (χ1v) is 6.85. The van der Waals surface area contributed by atoms with Gasteiger partial charge in [0.1, 0.15) is 5.03 Å². The van der Waals surface area contributed by atoms with Crippen LogP contribution in [0.3, 0.4) is 0 Å². The predicted molar refractivity (Wildman–Crippen MR) is 77.3 cm³/mol. The molecule has 0 fully saturated rings. The number of benzene rings is 1. The quantitative estimate of drug-likeness (QED) is 0.853. The molecule has 4 nitrogen and oxygen atoms in total. The van der Waals surface area contributed by atoms with E-state index in [2.05, 4.69) is 4.98 Å². The van der Waals surface area contributed by atoms with E-state index >= 15 is 0 Å². The molecule has 0 aliphatic carbocycles. The molecule has 1 unspecified atom stereocenters. The van der Waals surface area contributed by atoms with Crippen LogP contribution in [0.5, 0.6) is 11.5 Å². The number of thioether (sulfide) groups is 1. The van der Waals surface area contributed by atoms with Gasteiger partial charge in [-0.15, -0.1) is 11.8 Å². The number of aliphatic hydroxyl groups excluding tert-OH is 1. The van der Waals surface area contributed by atoms with Gasteiger partial charge in [0, 0.05) is 16.8 Å². The molecule has 1 heterocycles. The van der Waals surface area contributed by atoms with Gasteiger partial charge in [0.25, 0.3) is 0 Å². The van der Waals surface area contributed by atoms with Crippen LogP contribution in [0.1, 0.15) is 6.92 Å². The lowest BCUT2D eigenvalue weighted by Crippen LogP contribution is -2.02. The van der Waals surface area contributed by atoms with Crippen LogP contribution in [0.4, 0.5) is 0 Å². The zero-order valence-electron chi connectivity index (χ0n) is 11.2. The third-order valence-corrected chi connectivity index (χ3v) is 3.90. The number of aliphatic hydroxyl groups is 1. The van der Waals surface area contributed by atoms with Crippen molar-refractivity contribution in [2.75, 3.05) is 20.8 Å². The predicted octanol–water partition coefficient (Wildman–Crippen LogP) is 2.72. The monoisotopic (exact) mass is 279 g/mol. The van der Waals surface area contributed by atoms with E-state index in [4.69, 9.17) is 14.6 Å². The summed E-state index contributed by atoms with van der Waals surface area (Å²) >= 11 is 1.55. The highest BCUT2D eigenvalue weighted by atomic mass is 32.2. The molecule has 19 heavy (non-hydrogen) atoms. The first-order chi connectivity index (χ1) is 9.19. The normalized spacial score (nSPS) is 12.4. The van der Waals surface area contributed by atoms with E-state index in [1.165, 1.54) is 0 Å². The molecule has 1 atom stereocenters. The molecule has 0 radical (unpaired) electrons. The fourth-order valence-electron chi connectivity index (χ4n) is 1.79. The van der Waals surface area contributed by atoms with Gasteiger partial charge in [-0.3, -0.25) is 0 Å². The van der Waals surface area contributed by atoms with Crippen LogP contribution < -0.4 is 9.47 Å². The van der Waals surface area contributed by atoms with E-state index in [0.717, 1.165) is 15.8 Å². The van der Waals surface area contributed by atoms with E-state index in [0.29, 0.717) is 11.5 Å². The van der Waals surface area contributed by atoms with Crippen molar-refractivity contribution in [2.45, 2.75) is 17.2 Å². The molecule has 102 valence electrons. The van der Waals surface area contributed by atoms with E-state index in [1.807, 2.05) is 25.1 Å². The number of ether oxygens (including phenoxy) is 2. The second-order valence-electron chi connectivity index (χ2n) is 4.16. The molecule has 0 spiro atoms. The summed E-state index contributed by atoms with van der Waals surface area (Å²) in [6.07, 6.45) is 1.76. The van der Waals surface area contributed by atoms with Crippen molar-refractivity contribution in [1.82, 2.24) is 4.98 Å². The number of hydrogen-bond donors (Lipinski definition) is 1. The van der Waals surface area contributed by atoms with Crippen LogP contribution in [0, 0.1) is 0 Å². The SMILES string of the molecule is COc1cc2ccnc(SC(C)CO)c2cc1OC. The fraction of sp³-hybridized carbons (Fsp3) is 0.357. The lowest BCUT2D eigenvalue weighted by molar-refractivity contribution is 0.300. The highest BCUT2D eigenvalue weighted by Crippen LogP contribution is 2.36. The molecule has 0 bridgehead atoms. The van der Waals surface area contributed by atoms with Crippen molar-refractivity contribution in [3.05, 3.63) is 24.4 Å². The Bertz CT molecular complexity index is 574. The minimum atomic E-state index is 0.103. The lowest BCUT2D eigenvalue weighted by Gasteiger charge is -2.12. The Morgan fingerprint density at radius 2 is 1.95 bits per heavy atom. The maximum atomic E-state index is 9.16. The number of pyridine rings is 1. The molecule has 2 aromatic rings. The van der Waals surface area contributed by atoms with Gasteiger partial charge >= 0.3 is 0 Å². The molecule has 0 aliphatic heterocycles. The number of fused-ring (bicyclic) bond motifs is 1. The Labute approximate surface area is 116 Å². The Hall–Kier alpha value is -1.46. The van der Waals surface area contributed by atoms with E-state index in [9.17, 15) is 0 Å². The first kappa shape index (κ1) is 14.0. The average Bonchev–Trinajstić information content (AvgIpc) is 2.45. The van der Waals surface area contributed by atoms with Crippen molar-refractivity contribution < 1.29 is 14.6 Å². The molecule has 1 aromatic heterocycles. The third kappa shape index (κ3) is 2.93. The summed E-state index contributed by atoms with van der Waals surface area (Å²) in [5.74, 6) is 1.38. The van der Waals surface area contributed by atoms with Crippen molar-refractivity contribution in [3.8, 4) is 11.5 Å². The third-order valence-electron chi connectivity index (χ3n) is 2.80. The van der Waals surface area contributed by atoms with Crippen LogP contribution in [-0.4, -0.2) is 36.2 Å². The Balaban J connectivity index is 2.54. The summed E-state index contributed by atoms with van der Waals surface area (Å²) in [6.45, 7) is 2.09. The molecule has 0 saturated heterocycles. The molecule has 0 aliphatic rings. The summed E-state index contributed by atoms with van der Waals surface area (Å²) in [7, 11) is 3.23. The highest BCUT2D eigenvalue weighted by molar-refractivity contribution is 8.00. The van der Waals surface area contributed by atoms with Gasteiger partial charge in [-0.25, -0.2) is 4.98 Å². The molecule has 0 amide bonds. The molecule has 1 N–H and O–H groups in total. The largest absolute Gasteiger partial charge is 0.493 e. The molecular weight excluding hydrogens is 262 g/mol. The molecule has 5 heteroatoms. The molecule has 2 rings (SSSR count). The van der Waals surface area contributed by atoms with Gasteiger partial charge in [0.05, 0.1) is 20.8 Å². The number of rotatable bonds is 5. The summed E-state index contributed by atoms with van der Waals surface area (Å²) in [5, 5.41) is 12.2. The van der Waals surface area contributed by atoms with Crippen molar-refractivity contribution in [2.24, 2.45) is 0 Å². The van der Waals surface area contributed by atoms with Crippen LogP contribution in [-0.2, 0) is 0 Å². The first-order valence-electron chi connectivity index (χ1n) is 5.97. The summed E-state index contributed by atoms with van der Waals surface area (Å²) in [4.78, 5) is 4.38.